The molecule has 88 valence electrons. The normalized spacial score (nSPS) is 41.3. The van der Waals surface area contributed by atoms with Crippen LogP contribution in [0.25, 0.3) is 0 Å². The molecule has 0 aromatic heterocycles. The fraction of sp³-hybridized carbons (Fsp3) is 0.875. The highest BCUT2D eigenvalue weighted by atomic mass is 35.5. The average molecular weight is 241 g/mol. The number of alkyl halides is 1. The molecule has 6 nitrogen and oxygen atoms in total. The number of carbonyl (C=O) groups excluding carboxylic acids is 1. The van der Waals surface area contributed by atoms with Crippen molar-refractivity contribution >= 4 is 17.6 Å². The van der Waals surface area contributed by atoms with Gasteiger partial charge in [-0.3, -0.25) is 4.79 Å². The summed E-state index contributed by atoms with van der Waals surface area (Å²) in [5, 5.41) is 25.8. The van der Waals surface area contributed by atoms with Crippen molar-refractivity contribution in [1.29, 1.82) is 0 Å². The second-order valence-corrected chi connectivity index (χ2v) is 3.93. The van der Waals surface area contributed by atoms with Gasteiger partial charge < -0.3 is 24.8 Å². The number of rotatable bonds is 2. The highest BCUT2D eigenvalue weighted by molar-refractivity contribution is 6.22. The van der Waals surface area contributed by atoms with Gasteiger partial charge in [-0.1, -0.05) is 0 Å². The number of aliphatic hydroxyl groups excluding tert-OH is 3. The molecule has 15 heavy (non-hydrogen) atoms. The van der Waals surface area contributed by atoms with Crippen LogP contribution in [0.4, 0.5) is 0 Å². The first-order valence-electron chi connectivity index (χ1n) is 4.41. The molecule has 1 heterocycles. The van der Waals surface area contributed by atoms with Gasteiger partial charge >= 0.3 is 5.97 Å². The van der Waals surface area contributed by atoms with Crippen molar-refractivity contribution in [1.82, 2.24) is 0 Å². The third-order valence-electron chi connectivity index (χ3n) is 2.03. The van der Waals surface area contributed by atoms with Gasteiger partial charge in [-0.25, -0.2) is 0 Å². The molecule has 0 radical (unpaired) electrons. The topological polar surface area (TPSA) is 96.2 Å². The van der Waals surface area contributed by atoms with Crippen LogP contribution in [0, 0.1) is 0 Å². The predicted molar refractivity (Wildman–Crippen MR) is 48.9 cm³/mol. The molecule has 0 aromatic carbocycles. The molecule has 1 aliphatic heterocycles. The Balaban J connectivity index is 2.73. The molecule has 0 aliphatic carbocycles. The Bertz CT molecular complexity index is 247. The number of halogens is 1. The van der Waals surface area contributed by atoms with Crippen molar-refractivity contribution in [2.75, 3.05) is 6.61 Å². The van der Waals surface area contributed by atoms with Crippen molar-refractivity contribution in [2.45, 2.75) is 36.9 Å². The molecule has 1 rings (SSSR count). The molecule has 0 amide bonds. The van der Waals surface area contributed by atoms with Gasteiger partial charge in [-0.15, -0.1) is 0 Å². The summed E-state index contributed by atoms with van der Waals surface area (Å²) in [4.78, 5) is 10.7. The standard InChI is InChI=1S/C8H13ClO6/c1-4(11)14-8(9)2-5(12)7(13)6(3-10)15-8/h5-7,10,12-13H,2-3H2,1H3/t5-,6-,7+,8-/m1/s1. The van der Waals surface area contributed by atoms with Crippen molar-refractivity contribution in [3.63, 3.8) is 0 Å². The predicted octanol–water partition coefficient (Wildman–Crippen LogP) is -1.05. The van der Waals surface area contributed by atoms with E-state index in [0.29, 0.717) is 0 Å². The van der Waals surface area contributed by atoms with E-state index in [0.717, 1.165) is 6.92 Å². The number of aliphatic hydroxyl groups is 3. The number of ether oxygens (including phenoxy) is 2. The SMILES string of the molecule is CC(=O)O[C@]1(Cl)C[C@@H](O)[C@H](O)[C@@H](CO)O1. The molecule has 3 N–H and O–H groups in total. The quantitative estimate of drug-likeness (QED) is 0.421. The van der Waals surface area contributed by atoms with Gasteiger partial charge in [0.05, 0.1) is 19.1 Å². The van der Waals surface area contributed by atoms with Crippen LogP contribution in [-0.2, 0) is 14.3 Å². The molecular formula is C8H13ClO6. The molecule has 7 heteroatoms. The summed E-state index contributed by atoms with van der Waals surface area (Å²) in [5.41, 5.74) is 0. The van der Waals surface area contributed by atoms with E-state index in [1.165, 1.54) is 0 Å². The van der Waals surface area contributed by atoms with Crippen LogP contribution in [0.2, 0.25) is 0 Å². The third-order valence-corrected chi connectivity index (χ3v) is 2.35. The summed E-state index contributed by atoms with van der Waals surface area (Å²) in [6, 6.07) is 0. The van der Waals surface area contributed by atoms with E-state index in [2.05, 4.69) is 4.74 Å². The molecule has 1 saturated heterocycles. The fourth-order valence-electron chi connectivity index (χ4n) is 1.39. The zero-order valence-electron chi connectivity index (χ0n) is 8.09. The lowest BCUT2D eigenvalue weighted by atomic mass is 10.0. The van der Waals surface area contributed by atoms with E-state index in [9.17, 15) is 15.0 Å². The zero-order chi connectivity index (χ0) is 11.6. The molecule has 4 atom stereocenters. The van der Waals surface area contributed by atoms with E-state index in [1.807, 2.05) is 0 Å². The van der Waals surface area contributed by atoms with Gasteiger partial charge in [0, 0.05) is 6.92 Å². The van der Waals surface area contributed by atoms with E-state index in [-0.39, 0.29) is 6.42 Å². The van der Waals surface area contributed by atoms with Crippen LogP contribution in [0.5, 0.6) is 0 Å². The number of hydrogen-bond donors (Lipinski definition) is 3. The molecule has 0 aromatic rings. The second-order valence-electron chi connectivity index (χ2n) is 3.35. The molecule has 1 fully saturated rings. The van der Waals surface area contributed by atoms with Gasteiger partial charge in [0.2, 0.25) is 0 Å². The molecular weight excluding hydrogens is 228 g/mol. The number of esters is 1. The molecule has 1 aliphatic rings. The summed E-state index contributed by atoms with van der Waals surface area (Å²) in [6.07, 6.45) is -3.80. The Labute approximate surface area is 91.4 Å². The lowest BCUT2D eigenvalue weighted by molar-refractivity contribution is -0.271. The largest absolute Gasteiger partial charge is 0.418 e. The van der Waals surface area contributed by atoms with Gasteiger partial charge in [0.15, 0.2) is 0 Å². The second kappa shape index (κ2) is 4.63. The molecule has 0 unspecified atom stereocenters. The monoisotopic (exact) mass is 240 g/mol. The van der Waals surface area contributed by atoms with Crippen LogP contribution in [0.3, 0.4) is 0 Å². The van der Waals surface area contributed by atoms with Crippen LogP contribution in [0.1, 0.15) is 13.3 Å². The zero-order valence-corrected chi connectivity index (χ0v) is 8.85. The van der Waals surface area contributed by atoms with Gasteiger partial charge in [0.25, 0.3) is 5.25 Å². The Kier molecular flexibility index (Phi) is 3.91. The maximum absolute atomic E-state index is 10.7. The maximum atomic E-state index is 10.7. The molecule has 0 saturated carbocycles. The first-order chi connectivity index (χ1) is 6.88. The van der Waals surface area contributed by atoms with Crippen LogP contribution >= 0.6 is 11.6 Å². The average Bonchev–Trinajstić information content (AvgIpc) is 2.09. The molecule has 0 spiro atoms. The van der Waals surface area contributed by atoms with E-state index in [1.54, 1.807) is 0 Å². The lowest BCUT2D eigenvalue weighted by Crippen LogP contribution is -2.55. The number of carbonyl (C=O) groups is 1. The van der Waals surface area contributed by atoms with Gasteiger partial charge in [-0.2, -0.15) is 0 Å². The third kappa shape index (κ3) is 3.02. The summed E-state index contributed by atoms with van der Waals surface area (Å²) in [5.74, 6) is -0.676. The Morgan fingerprint density at radius 2 is 2.27 bits per heavy atom. The van der Waals surface area contributed by atoms with Gasteiger partial charge in [0.1, 0.15) is 12.2 Å². The minimum atomic E-state index is -1.82. The maximum Gasteiger partial charge on any atom is 0.306 e. The summed E-state index contributed by atoms with van der Waals surface area (Å²) in [6.45, 7) is 0.604. The smallest absolute Gasteiger partial charge is 0.306 e. The fourth-order valence-corrected chi connectivity index (χ4v) is 1.77. The van der Waals surface area contributed by atoms with Crippen LogP contribution in [0.15, 0.2) is 0 Å². The lowest BCUT2D eigenvalue weighted by Gasteiger charge is -2.40. The Morgan fingerprint density at radius 1 is 1.67 bits per heavy atom. The van der Waals surface area contributed by atoms with Crippen LogP contribution < -0.4 is 0 Å². The van der Waals surface area contributed by atoms with Crippen molar-refractivity contribution < 1.29 is 29.6 Å². The number of hydrogen-bond acceptors (Lipinski definition) is 6. The minimum absolute atomic E-state index is 0.258. The highest BCUT2D eigenvalue weighted by Crippen LogP contribution is 2.34. The first-order valence-corrected chi connectivity index (χ1v) is 4.79. The van der Waals surface area contributed by atoms with E-state index < -0.39 is 36.1 Å². The van der Waals surface area contributed by atoms with Crippen molar-refractivity contribution in [3.05, 3.63) is 0 Å². The van der Waals surface area contributed by atoms with E-state index in [4.69, 9.17) is 21.4 Å². The van der Waals surface area contributed by atoms with Crippen LogP contribution in [-0.4, -0.2) is 51.5 Å². The van der Waals surface area contributed by atoms with Crippen molar-refractivity contribution in [2.24, 2.45) is 0 Å². The minimum Gasteiger partial charge on any atom is -0.418 e. The van der Waals surface area contributed by atoms with Gasteiger partial charge in [-0.05, 0) is 11.6 Å². The van der Waals surface area contributed by atoms with Crippen molar-refractivity contribution in [3.8, 4) is 0 Å². The summed E-state index contributed by atoms with van der Waals surface area (Å²) in [7, 11) is 0. The van der Waals surface area contributed by atoms with E-state index >= 15 is 0 Å². The summed E-state index contributed by atoms with van der Waals surface area (Å²) >= 11 is 5.76. The Hall–Kier alpha value is -0.400. The summed E-state index contributed by atoms with van der Waals surface area (Å²) < 4.78 is 9.63. The Morgan fingerprint density at radius 3 is 2.73 bits per heavy atom. The molecule has 0 bridgehead atoms. The highest BCUT2D eigenvalue weighted by Gasteiger charge is 2.47. The first kappa shape index (κ1) is 12.7.